The van der Waals surface area contributed by atoms with Crippen LogP contribution in [0.1, 0.15) is 36.7 Å². The number of hydrogen-bond acceptors (Lipinski definition) is 6. The van der Waals surface area contributed by atoms with Gasteiger partial charge in [0.05, 0.1) is 5.69 Å². The van der Waals surface area contributed by atoms with Gasteiger partial charge in [0.1, 0.15) is 12.1 Å². The third kappa shape index (κ3) is 6.03. The number of nitrogens with zero attached hydrogens (tertiary/aromatic N) is 1. The van der Waals surface area contributed by atoms with Crippen molar-refractivity contribution in [1.82, 2.24) is 10.3 Å². The number of thiazole rings is 1. The Morgan fingerprint density at radius 2 is 2.04 bits per heavy atom. The Balaban J connectivity index is 1.98. The van der Waals surface area contributed by atoms with E-state index in [1.807, 2.05) is 6.07 Å². The standard InChI is InChI=1S/C19H21N3O4S/c1-5-12-6-7-13(8-14(12)10-23)15-11-27-17(21-15)22-16(24)9-20-18(25)26-19(2,3)4/h5-8,10-11H,1,9H2,2-4H3,(H,20,25)(H,21,22,24). The fraction of sp³-hybridized carbons (Fsp3) is 0.263. The van der Waals surface area contributed by atoms with Gasteiger partial charge in [-0.2, -0.15) is 0 Å². The number of aldehydes is 1. The summed E-state index contributed by atoms with van der Waals surface area (Å²) in [6.45, 7) is 8.65. The van der Waals surface area contributed by atoms with E-state index in [-0.39, 0.29) is 6.54 Å². The molecule has 0 radical (unpaired) electrons. The van der Waals surface area contributed by atoms with Gasteiger partial charge in [0.15, 0.2) is 11.4 Å². The van der Waals surface area contributed by atoms with Crippen molar-refractivity contribution in [2.45, 2.75) is 26.4 Å². The predicted molar refractivity (Wildman–Crippen MR) is 106 cm³/mol. The molecule has 1 heterocycles. The van der Waals surface area contributed by atoms with Gasteiger partial charge >= 0.3 is 6.09 Å². The number of hydrogen-bond donors (Lipinski definition) is 2. The van der Waals surface area contributed by atoms with Gasteiger partial charge in [0.2, 0.25) is 5.91 Å². The van der Waals surface area contributed by atoms with E-state index < -0.39 is 17.6 Å². The highest BCUT2D eigenvalue weighted by Crippen LogP contribution is 2.26. The monoisotopic (exact) mass is 387 g/mol. The lowest BCUT2D eigenvalue weighted by atomic mass is 10.0. The second-order valence-corrected chi connectivity index (χ2v) is 7.47. The minimum Gasteiger partial charge on any atom is -0.444 e. The quantitative estimate of drug-likeness (QED) is 0.736. The van der Waals surface area contributed by atoms with E-state index in [4.69, 9.17) is 4.74 Å². The van der Waals surface area contributed by atoms with Crippen LogP contribution >= 0.6 is 11.3 Å². The molecule has 2 rings (SSSR count). The topological polar surface area (TPSA) is 97.4 Å². The predicted octanol–water partition coefficient (Wildman–Crippen LogP) is 3.73. The van der Waals surface area contributed by atoms with Crippen LogP contribution in [0.3, 0.4) is 0 Å². The summed E-state index contributed by atoms with van der Waals surface area (Å²) in [6, 6.07) is 5.33. The molecule has 142 valence electrons. The number of rotatable bonds is 6. The molecule has 2 amide bonds. The molecule has 8 heteroatoms. The van der Waals surface area contributed by atoms with E-state index in [0.29, 0.717) is 16.4 Å². The maximum absolute atomic E-state index is 11.9. The van der Waals surface area contributed by atoms with Crippen LogP contribution in [0.15, 0.2) is 30.2 Å². The van der Waals surface area contributed by atoms with Crippen LogP contribution in [0.25, 0.3) is 17.3 Å². The first-order chi connectivity index (χ1) is 12.7. The van der Waals surface area contributed by atoms with Crippen molar-refractivity contribution in [3.63, 3.8) is 0 Å². The number of ether oxygens (including phenoxy) is 1. The maximum atomic E-state index is 11.9. The summed E-state index contributed by atoms with van der Waals surface area (Å²) in [6.07, 6.45) is 1.71. The van der Waals surface area contributed by atoms with Crippen molar-refractivity contribution in [2.75, 3.05) is 11.9 Å². The van der Waals surface area contributed by atoms with Crippen LogP contribution in [-0.4, -0.2) is 35.4 Å². The van der Waals surface area contributed by atoms with Crippen molar-refractivity contribution in [1.29, 1.82) is 0 Å². The minimum absolute atomic E-state index is 0.229. The highest BCUT2D eigenvalue weighted by molar-refractivity contribution is 7.14. The van der Waals surface area contributed by atoms with Gasteiger partial charge in [-0.15, -0.1) is 11.3 Å². The summed E-state index contributed by atoms with van der Waals surface area (Å²) in [5.74, 6) is -0.419. The molecule has 2 N–H and O–H groups in total. The second-order valence-electron chi connectivity index (χ2n) is 6.61. The number of carbonyl (C=O) groups is 3. The molecule has 0 aliphatic rings. The number of nitrogens with one attached hydrogen (secondary N) is 2. The zero-order chi connectivity index (χ0) is 20.0. The molecule has 0 fully saturated rings. The van der Waals surface area contributed by atoms with E-state index in [1.54, 1.807) is 44.4 Å². The van der Waals surface area contributed by atoms with Crippen LogP contribution in [0, 0.1) is 0 Å². The van der Waals surface area contributed by atoms with E-state index in [2.05, 4.69) is 22.2 Å². The van der Waals surface area contributed by atoms with Gasteiger partial charge in [-0.25, -0.2) is 9.78 Å². The first kappa shape index (κ1) is 20.3. The molecular formula is C19H21N3O4S. The molecule has 0 aliphatic heterocycles. The zero-order valence-corrected chi connectivity index (χ0v) is 16.2. The summed E-state index contributed by atoms with van der Waals surface area (Å²) >= 11 is 1.24. The Hall–Kier alpha value is -3.00. The molecule has 1 aromatic carbocycles. The van der Waals surface area contributed by atoms with Crippen molar-refractivity contribution < 1.29 is 19.1 Å². The van der Waals surface area contributed by atoms with Crippen LogP contribution in [-0.2, 0) is 9.53 Å². The fourth-order valence-electron chi connectivity index (χ4n) is 2.12. The molecule has 0 aliphatic carbocycles. The molecule has 27 heavy (non-hydrogen) atoms. The van der Waals surface area contributed by atoms with Crippen molar-refractivity contribution in [3.05, 3.63) is 41.3 Å². The van der Waals surface area contributed by atoms with Gasteiger partial charge in [0.25, 0.3) is 0 Å². The van der Waals surface area contributed by atoms with Gasteiger partial charge in [0, 0.05) is 16.5 Å². The molecule has 0 atom stereocenters. The summed E-state index contributed by atoms with van der Waals surface area (Å²) in [5.41, 5.74) is 2.01. The molecule has 0 saturated carbocycles. The average molecular weight is 387 g/mol. The van der Waals surface area contributed by atoms with Gasteiger partial charge in [-0.1, -0.05) is 24.8 Å². The fourth-order valence-corrected chi connectivity index (χ4v) is 2.85. The van der Waals surface area contributed by atoms with Gasteiger partial charge in [-0.3, -0.25) is 9.59 Å². The van der Waals surface area contributed by atoms with Crippen LogP contribution < -0.4 is 10.6 Å². The van der Waals surface area contributed by atoms with E-state index in [9.17, 15) is 14.4 Å². The van der Waals surface area contributed by atoms with Crippen LogP contribution in [0.5, 0.6) is 0 Å². The van der Waals surface area contributed by atoms with Crippen molar-refractivity contribution in [2.24, 2.45) is 0 Å². The third-order valence-corrected chi connectivity index (χ3v) is 4.03. The Morgan fingerprint density at radius 1 is 1.30 bits per heavy atom. The lowest BCUT2D eigenvalue weighted by molar-refractivity contribution is -0.115. The van der Waals surface area contributed by atoms with Crippen LogP contribution in [0.4, 0.5) is 9.93 Å². The van der Waals surface area contributed by atoms with Crippen LogP contribution in [0.2, 0.25) is 0 Å². The second kappa shape index (κ2) is 8.59. The Labute approximate surface area is 161 Å². The number of benzene rings is 1. The third-order valence-electron chi connectivity index (χ3n) is 3.27. The first-order valence-electron chi connectivity index (χ1n) is 8.16. The highest BCUT2D eigenvalue weighted by Gasteiger charge is 2.17. The molecular weight excluding hydrogens is 366 g/mol. The van der Waals surface area contributed by atoms with E-state index in [1.165, 1.54) is 11.3 Å². The van der Waals surface area contributed by atoms with E-state index >= 15 is 0 Å². The summed E-state index contributed by atoms with van der Waals surface area (Å²) in [4.78, 5) is 39.0. The lowest BCUT2D eigenvalue weighted by Gasteiger charge is -2.19. The normalized spacial score (nSPS) is 10.8. The number of carbonyl (C=O) groups excluding carboxylic acids is 3. The van der Waals surface area contributed by atoms with Gasteiger partial charge in [-0.05, 0) is 32.4 Å². The molecule has 1 aromatic heterocycles. The van der Waals surface area contributed by atoms with Crippen molar-refractivity contribution in [3.8, 4) is 11.3 Å². The molecule has 0 spiro atoms. The number of aromatic nitrogens is 1. The Morgan fingerprint density at radius 3 is 2.67 bits per heavy atom. The summed E-state index contributed by atoms with van der Waals surface area (Å²) in [5, 5.41) is 7.16. The molecule has 2 aromatic rings. The molecule has 7 nitrogen and oxygen atoms in total. The molecule has 0 bridgehead atoms. The maximum Gasteiger partial charge on any atom is 0.408 e. The SMILES string of the molecule is C=Cc1ccc(-c2csc(NC(=O)CNC(=O)OC(C)(C)C)n2)cc1C=O. The van der Waals surface area contributed by atoms with Crippen molar-refractivity contribution >= 4 is 40.8 Å². The number of anilines is 1. The highest BCUT2D eigenvalue weighted by atomic mass is 32.1. The summed E-state index contributed by atoms with van der Waals surface area (Å²) < 4.78 is 5.06. The number of alkyl carbamates (subject to hydrolysis) is 1. The zero-order valence-electron chi connectivity index (χ0n) is 15.4. The smallest absolute Gasteiger partial charge is 0.408 e. The minimum atomic E-state index is -0.666. The molecule has 0 unspecified atom stereocenters. The van der Waals surface area contributed by atoms with Gasteiger partial charge < -0.3 is 15.4 Å². The largest absolute Gasteiger partial charge is 0.444 e. The number of amides is 2. The van der Waals surface area contributed by atoms with E-state index in [0.717, 1.165) is 17.4 Å². The lowest BCUT2D eigenvalue weighted by Crippen LogP contribution is -2.37. The Bertz CT molecular complexity index is 868. The molecule has 0 saturated heterocycles. The first-order valence-corrected chi connectivity index (χ1v) is 9.04. The Kier molecular flexibility index (Phi) is 6.46. The summed E-state index contributed by atoms with van der Waals surface area (Å²) in [7, 11) is 0. The average Bonchev–Trinajstić information content (AvgIpc) is 3.06.